The van der Waals surface area contributed by atoms with Gasteiger partial charge in [0.05, 0.1) is 17.1 Å². The van der Waals surface area contributed by atoms with Crippen molar-refractivity contribution in [3.8, 4) is 11.3 Å². The van der Waals surface area contributed by atoms with Crippen molar-refractivity contribution in [1.29, 1.82) is 0 Å². The lowest BCUT2D eigenvalue weighted by Crippen LogP contribution is -2.17. The van der Waals surface area contributed by atoms with E-state index in [1.807, 2.05) is 51.1 Å². The molecule has 0 saturated carbocycles. The molecule has 0 aliphatic carbocycles. The van der Waals surface area contributed by atoms with Crippen molar-refractivity contribution in [2.45, 2.75) is 38.6 Å². The summed E-state index contributed by atoms with van der Waals surface area (Å²) < 4.78 is 30.6. The van der Waals surface area contributed by atoms with Crippen LogP contribution in [0.1, 0.15) is 35.3 Å². The van der Waals surface area contributed by atoms with Crippen LogP contribution in [0.4, 0.5) is 5.69 Å². The maximum absolute atomic E-state index is 13.5. The minimum absolute atomic E-state index is 0.00175. The number of nitrogens with two attached hydrogens (primary N) is 1. The Morgan fingerprint density at radius 2 is 1.75 bits per heavy atom. The van der Waals surface area contributed by atoms with Crippen molar-refractivity contribution in [1.82, 2.24) is 4.98 Å². The summed E-state index contributed by atoms with van der Waals surface area (Å²) in [6.07, 6.45) is 0. The van der Waals surface area contributed by atoms with Gasteiger partial charge in [-0.3, -0.25) is 4.79 Å². The Morgan fingerprint density at radius 3 is 2.50 bits per heavy atom. The summed E-state index contributed by atoms with van der Waals surface area (Å²) in [5.74, 6) is 0.510. The number of fused-ring (bicyclic) bond motifs is 2. The molecule has 1 unspecified atom stereocenters. The van der Waals surface area contributed by atoms with E-state index >= 15 is 0 Å². The maximum atomic E-state index is 13.5. The number of primary sulfonamides is 1. The molecular formula is C28H27N3O4S. The van der Waals surface area contributed by atoms with Crippen molar-refractivity contribution in [3.05, 3.63) is 93.3 Å². The van der Waals surface area contributed by atoms with Gasteiger partial charge in [0.25, 0.3) is 0 Å². The standard InChI is InChI=1S/C28H27N3O4S/c1-15-11-21(18(4)31-24-7-5-6-8-25(24)36(29,33)34)28-22(12-15)26(32)17(3)27(35-28)19-9-10-23-20(14-19)13-16(2)30-23/h5-14,18,30-31H,1-4H3,(H2,29,33,34). The molecule has 0 fully saturated rings. The van der Waals surface area contributed by atoms with Gasteiger partial charge in [0.2, 0.25) is 10.0 Å². The maximum Gasteiger partial charge on any atom is 0.240 e. The second-order valence-electron chi connectivity index (χ2n) is 9.28. The van der Waals surface area contributed by atoms with Gasteiger partial charge >= 0.3 is 0 Å². The Labute approximate surface area is 209 Å². The lowest BCUT2D eigenvalue weighted by Gasteiger charge is -2.20. The molecule has 0 aliphatic rings. The van der Waals surface area contributed by atoms with E-state index < -0.39 is 10.0 Å². The first-order valence-electron chi connectivity index (χ1n) is 11.6. The topological polar surface area (TPSA) is 118 Å². The summed E-state index contributed by atoms with van der Waals surface area (Å²) in [6, 6.07) is 17.8. The van der Waals surface area contributed by atoms with Crippen molar-refractivity contribution in [3.63, 3.8) is 0 Å². The average Bonchev–Trinajstić information content (AvgIpc) is 3.20. The molecule has 0 amide bonds. The molecule has 184 valence electrons. The second kappa shape index (κ2) is 8.65. The molecule has 36 heavy (non-hydrogen) atoms. The Bertz CT molecular complexity index is 1820. The predicted molar refractivity (Wildman–Crippen MR) is 144 cm³/mol. The summed E-state index contributed by atoms with van der Waals surface area (Å²) in [5.41, 5.74) is 5.79. The van der Waals surface area contributed by atoms with Crippen LogP contribution in [-0.4, -0.2) is 13.4 Å². The Hall–Kier alpha value is -3.88. The Balaban J connectivity index is 1.68. The molecule has 0 saturated heterocycles. The van der Waals surface area contributed by atoms with E-state index in [1.54, 1.807) is 25.1 Å². The summed E-state index contributed by atoms with van der Waals surface area (Å²) in [7, 11) is -3.92. The number of nitrogens with one attached hydrogen (secondary N) is 2. The van der Waals surface area contributed by atoms with Crippen LogP contribution in [0, 0.1) is 20.8 Å². The van der Waals surface area contributed by atoms with E-state index in [0.29, 0.717) is 28.0 Å². The highest BCUT2D eigenvalue weighted by molar-refractivity contribution is 7.89. The number of aromatic amines is 1. The first-order chi connectivity index (χ1) is 17.0. The third-order valence-electron chi connectivity index (χ3n) is 6.44. The van der Waals surface area contributed by atoms with Crippen LogP contribution < -0.4 is 15.9 Å². The van der Waals surface area contributed by atoms with E-state index in [-0.39, 0.29) is 16.4 Å². The van der Waals surface area contributed by atoms with E-state index in [1.165, 1.54) is 6.07 Å². The summed E-state index contributed by atoms with van der Waals surface area (Å²) >= 11 is 0. The average molecular weight is 502 g/mol. The monoisotopic (exact) mass is 501 g/mol. The fourth-order valence-corrected chi connectivity index (χ4v) is 5.43. The van der Waals surface area contributed by atoms with Crippen LogP contribution in [0.3, 0.4) is 0 Å². The number of aryl methyl sites for hydroxylation is 2. The first-order valence-corrected chi connectivity index (χ1v) is 13.1. The number of aromatic nitrogens is 1. The van der Waals surface area contributed by atoms with Crippen LogP contribution in [0.15, 0.2) is 74.8 Å². The van der Waals surface area contributed by atoms with Crippen LogP contribution in [0.5, 0.6) is 0 Å². The molecule has 5 aromatic rings. The molecule has 7 nitrogen and oxygen atoms in total. The van der Waals surface area contributed by atoms with E-state index in [9.17, 15) is 13.2 Å². The molecule has 0 radical (unpaired) electrons. The number of sulfonamides is 1. The Kier molecular flexibility index (Phi) is 5.73. The summed E-state index contributed by atoms with van der Waals surface area (Å²) in [5, 5.41) is 10.2. The highest BCUT2D eigenvalue weighted by Crippen LogP contribution is 2.34. The number of rotatable bonds is 5. The minimum atomic E-state index is -3.92. The van der Waals surface area contributed by atoms with Gasteiger partial charge in [-0.25, -0.2) is 13.6 Å². The zero-order valence-corrected chi connectivity index (χ0v) is 21.3. The van der Waals surface area contributed by atoms with Crippen molar-refractivity contribution in [2.24, 2.45) is 5.14 Å². The van der Waals surface area contributed by atoms with E-state index in [0.717, 1.165) is 33.3 Å². The third kappa shape index (κ3) is 4.19. The smallest absolute Gasteiger partial charge is 0.240 e. The Morgan fingerprint density at radius 1 is 1.00 bits per heavy atom. The van der Waals surface area contributed by atoms with Crippen LogP contribution in [0.25, 0.3) is 33.2 Å². The van der Waals surface area contributed by atoms with Crippen molar-refractivity contribution < 1.29 is 12.8 Å². The minimum Gasteiger partial charge on any atom is -0.455 e. The zero-order chi connectivity index (χ0) is 25.8. The van der Waals surface area contributed by atoms with Gasteiger partial charge in [-0.2, -0.15) is 0 Å². The van der Waals surface area contributed by atoms with Gasteiger partial charge in [0, 0.05) is 33.3 Å². The third-order valence-corrected chi connectivity index (χ3v) is 7.41. The van der Waals surface area contributed by atoms with E-state index in [4.69, 9.17) is 9.56 Å². The highest BCUT2D eigenvalue weighted by Gasteiger charge is 2.21. The number of anilines is 1. The molecule has 2 aromatic heterocycles. The fourth-order valence-electron chi connectivity index (χ4n) is 4.73. The van der Waals surface area contributed by atoms with Crippen LogP contribution in [0.2, 0.25) is 0 Å². The van der Waals surface area contributed by atoms with Gasteiger partial charge < -0.3 is 14.7 Å². The predicted octanol–water partition coefficient (Wildman–Crippen LogP) is 5.69. The molecule has 8 heteroatoms. The quantitative estimate of drug-likeness (QED) is 0.286. The highest BCUT2D eigenvalue weighted by atomic mass is 32.2. The number of hydrogen-bond acceptors (Lipinski definition) is 5. The number of para-hydroxylation sites is 1. The molecule has 1 atom stereocenters. The molecular weight excluding hydrogens is 474 g/mol. The van der Waals surface area contributed by atoms with Crippen LogP contribution in [-0.2, 0) is 10.0 Å². The van der Waals surface area contributed by atoms with Crippen molar-refractivity contribution in [2.75, 3.05) is 5.32 Å². The lowest BCUT2D eigenvalue weighted by atomic mass is 9.98. The van der Waals surface area contributed by atoms with Crippen LogP contribution >= 0.6 is 0 Å². The normalized spacial score (nSPS) is 12.8. The number of benzene rings is 3. The van der Waals surface area contributed by atoms with Crippen molar-refractivity contribution >= 4 is 37.6 Å². The zero-order valence-electron chi connectivity index (χ0n) is 20.5. The molecule has 0 aliphatic heterocycles. The molecule has 0 bridgehead atoms. The van der Waals surface area contributed by atoms with Gasteiger partial charge in [0.15, 0.2) is 5.43 Å². The van der Waals surface area contributed by atoms with Gasteiger partial charge in [-0.15, -0.1) is 0 Å². The SMILES string of the molecule is Cc1cc(C(C)Nc2ccccc2S(N)(=O)=O)c2oc(-c3ccc4[nH]c(C)cc4c3)c(C)c(=O)c2c1. The van der Waals surface area contributed by atoms with Gasteiger partial charge in [-0.05, 0) is 75.7 Å². The second-order valence-corrected chi connectivity index (χ2v) is 10.8. The molecule has 5 rings (SSSR count). The molecule has 0 spiro atoms. The summed E-state index contributed by atoms with van der Waals surface area (Å²) in [6.45, 7) is 7.58. The number of hydrogen-bond donors (Lipinski definition) is 3. The first kappa shape index (κ1) is 23.8. The largest absolute Gasteiger partial charge is 0.455 e. The molecule has 2 heterocycles. The van der Waals surface area contributed by atoms with E-state index in [2.05, 4.69) is 16.4 Å². The molecule has 4 N–H and O–H groups in total. The number of H-pyrrole nitrogens is 1. The molecule has 3 aromatic carbocycles. The lowest BCUT2D eigenvalue weighted by molar-refractivity contribution is 0.598. The fraction of sp³-hybridized carbons (Fsp3) is 0.179. The van der Waals surface area contributed by atoms with Gasteiger partial charge in [-0.1, -0.05) is 18.2 Å². The van der Waals surface area contributed by atoms with Gasteiger partial charge in [0.1, 0.15) is 16.2 Å². The summed E-state index contributed by atoms with van der Waals surface area (Å²) in [4.78, 5) is 16.8.